The molecule has 0 saturated carbocycles. The molecule has 0 heterocycles. The Morgan fingerprint density at radius 2 is 1.75 bits per heavy atom. The van der Waals surface area contributed by atoms with Crippen molar-refractivity contribution in [3.05, 3.63) is 0 Å². The van der Waals surface area contributed by atoms with Gasteiger partial charge in [0.05, 0.1) is 0 Å². The minimum atomic E-state index is -0.192. The van der Waals surface area contributed by atoms with Crippen LogP contribution in [-0.2, 0) is 14.3 Å². The molecule has 0 amide bonds. The van der Waals surface area contributed by atoms with Gasteiger partial charge in [0.2, 0.25) is 0 Å². The molecule has 0 aliphatic heterocycles. The molecule has 0 N–H and O–H groups in total. The summed E-state index contributed by atoms with van der Waals surface area (Å²) in [6.07, 6.45) is 6.66. The largest absolute Gasteiger partial charge is 0.463 e. The fourth-order valence-electron chi connectivity index (χ4n) is 1.74. The fourth-order valence-corrected chi connectivity index (χ4v) is 1.74. The maximum atomic E-state index is 10.8. The number of hydrogen-bond acceptors (Lipinski definition) is 3. The summed E-state index contributed by atoms with van der Waals surface area (Å²) in [6.45, 7) is 5.17. The van der Waals surface area contributed by atoms with Crippen LogP contribution in [0, 0.1) is 0 Å². The Morgan fingerprint density at radius 1 is 1.06 bits per heavy atom. The van der Waals surface area contributed by atoms with Gasteiger partial charge in [-0.25, -0.2) is 0 Å². The first-order valence-corrected chi connectivity index (χ1v) is 6.23. The lowest BCUT2D eigenvalue weighted by molar-refractivity contribution is -0.147. The van der Waals surface area contributed by atoms with E-state index in [1.807, 2.05) is 0 Å². The van der Waals surface area contributed by atoms with Gasteiger partial charge in [-0.1, -0.05) is 19.8 Å². The second-order valence-corrected chi connectivity index (χ2v) is 4.32. The highest BCUT2D eigenvalue weighted by Crippen LogP contribution is 2.13. The zero-order valence-corrected chi connectivity index (χ0v) is 10.8. The Hall–Kier alpha value is -0.860. The summed E-state index contributed by atoms with van der Waals surface area (Å²) in [5, 5.41) is 0. The predicted molar refractivity (Wildman–Crippen MR) is 64.2 cm³/mol. The standard InChI is InChI=1S/C13H24O3/c1-4-8-13(16-12(3)15)10-7-5-6-9-11(2)14/h13H,4-10H2,1-3H3. The molecule has 0 spiro atoms. The molecule has 1 atom stereocenters. The molecule has 0 fully saturated rings. The number of carbonyl (C=O) groups excluding carboxylic acids is 2. The number of unbranched alkanes of at least 4 members (excludes halogenated alkanes) is 2. The molecule has 0 aromatic carbocycles. The van der Waals surface area contributed by atoms with E-state index in [4.69, 9.17) is 4.74 Å². The molecule has 1 unspecified atom stereocenters. The average molecular weight is 228 g/mol. The van der Waals surface area contributed by atoms with E-state index in [0.717, 1.165) is 38.5 Å². The van der Waals surface area contributed by atoms with Crippen LogP contribution >= 0.6 is 0 Å². The van der Waals surface area contributed by atoms with Gasteiger partial charge in [-0.2, -0.15) is 0 Å². The van der Waals surface area contributed by atoms with Gasteiger partial charge >= 0.3 is 5.97 Å². The Bertz CT molecular complexity index is 211. The van der Waals surface area contributed by atoms with Gasteiger partial charge in [0.25, 0.3) is 0 Å². The smallest absolute Gasteiger partial charge is 0.302 e. The van der Waals surface area contributed by atoms with E-state index in [9.17, 15) is 9.59 Å². The lowest BCUT2D eigenvalue weighted by atomic mass is 10.0. The first kappa shape index (κ1) is 15.1. The molecule has 0 radical (unpaired) electrons. The lowest BCUT2D eigenvalue weighted by Crippen LogP contribution is -2.15. The third kappa shape index (κ3) is 9.69. The Balaban J connectivity index is 3.59. The maximum absolute atomic E-state index is 10.8. The van der Waals surface area contributed by atoms with E-state index in [-0.39, 0.29) is 17.9 Å². The number of carbonyl (C=O) groups is 2. The fraction of sp³-hybridized carbons (Fsp3) is 0.846. The first-order chi connectivity index (χ1) is 7.56. The Morgan fingerprint density at radius 3 is 2.25 bits per heavy atom. The highest BCUT2D eigenvalue weighted by molar-refractivity contribution is 5.75. The van der Waals surface area contributed by atoms with Gasteiger partial charge in [0.15, 0.2) is 0 Å². The van der Waals surface area contributed by atoms with E-state index in [0.29, 0.717) is 6.42 Å². The molecule has 0 aliphatic carbocycles. The SMILES string of the molecule is CCCC(CCCCCC(C)=O)OC(C)=O. The molecule has 0 aliphatic rings. The van der Waals surface area contributed by atoms with Crippen molar-refractivity contribution in [3.63, 3.8) is 0 Å². The third-order valence-electron chi connectivity index (χ3n) is 2.50. The number of ketones is 1. The van der Waals surface area contributed by atoms with Gasteiger partial charge in [-0.15, -0.1) is 0 Å². The van der Waals surface area contributed by atoms with Gasteiger partial charge in [-0.3, -0.25) is 4.79 Å². The van der Waals surface area contributed by atoms with Crippen LogP contribution in [0.3, 0.4) is 0 Å². The molecule has 0 rings (SSSR count). The molecule has 0 aromatic rings. The lowest BCUT2D eigenvalue weighted by Gasteiger charge is -2.15. The van der Waals surface area contributed by atoms with Crippen LogP contribution in [0.2, 0.25) is 0 Å². The van der Waals surface area contributed by atoms with Gasteiger partial charge in [0, 0.05) is 13.3 Å². The van der Waals surface area contributed by atoms with E-state index in [1.165, 1.54) is 6.92 Å². The topological polar surface area (TPSA) is 43.4 Å². The number of ether oxygens (including phenoxy) is 1. The molecule has 0 bridgehead atoms. The summed E-state index contributed by atoms with van der Waals surface area (Å²) in [7, 11) is 0. The monoisotopic (exact) mass is 228 g/mol. The van der Waals surface area contributed by atoms with E-state index in [2.05, 4.69) is 6.92 Å². The summed E-state index contributed by atoms with van der Waals surface area (Å²) >= 11 is 0. The summed E-state index contributed by atoms with van der Waals surface area (Å²) in [4.78, 5) is 21.6. The van der Waals surface area contributed by atoms with Gasteiger partial charge < -0.3 is 9.53 Å². The van der Waals surface area contributed by atoms with Crippen molar-refractivity contribution in [1.29, 1.82) is 0 Å². The minimum Gasteiger partial charge on any atom is -0.463 e. The van der Waals surface area contributed by atoms with E-state index in [1.54, 1.807) is 6.92 Å². The van der Waals surface area contributed by atoms with Crippen LogP contribution in [0.1, 0.15) is 65.7 Å². The summed E-state index contributed by atoms with van der Waals surface area (Å²) < 4.78 is 5.21. The van der Waals surface area contributed by atoms with Gasteiger partial charge in [0.1, 0.15) is 11.9 Å². The van der Waals surface area contributed by atoms with Crippen LogP contribution in [0.25, 0.3) is 0 Å². The van der Waals surface area contributed by atoms with Crippen LogP contribution in [-0.4, -0.2) is 17.9 Å². The normalized spacial score (nSPS) is 12.2. The van der Waals surface area contributed by atoms with Crippen LogP contribution in [0.5, 0.6) is 0 Å². The quantitative estimate of drug-likeness (QED) is 0.449. The molecule has 94 valence electrons. The van der Waals surface area contributed by atoms with Crippen LogP contribution in [0.4, 0.5) is 0 Å². The highest BCUT2D eigenvalue weighted by Gasteiger charge is 2.10. The molecule has 3 heteroatoms. The Kier molecular flexibility index (Phi) is 8.87. The van der Waals surface area contributed by atoms with Crippen molar-refractivity contribution in [2.75, 3.05) is 0 Å². The maximum Gasteiger partial charge on any atom is 0.302 e. The van der Waals surface area contributed by atoms with Crippen molar-refractivity contribution in [3.8, 4) is 0 Å². The predicted octanol–water partition coefficient (Wildman–Crippen LogP) is 3.26. The van der Waals surface area contributed by atoms with E-state index < -0.39 is 0 Å². The number of hydrogen-bond donors (Lipinski definition) is 0. The molecular formula is C13H24O3. The van der Waals surface area contributed by atoms with Crippen molar-refractivity contribution >= 4 is 11.8 Å². The average Bonchev–Trinajstić information content (AvgIpc) is 2.16. The van der Waals surface area contributed by atoms with Crippen molar-refractivity contribution in [2.24, 2.45) is 0 Å². The molecule has 16 heavy (non-hydrogen) atoms. The van der Waals surface area contributed by atoms with Crippen molar-refractivity contribution in [1.82, 2.24) is 0 Å². The zero-order chi connectivity index (χ0) is 12.4. The summed E-state index contributed by atoms with van der Waals surface area (Å²) in [5.74, 6) is 0.0623. The van der Waals surface area contributed by atoms with Gasteiger partial charge in [-0.05, 0) is 32.6 Å². The summed E-state index contributed by atoms with van der Waals surface area (Å²) in [5.41, 5.74) is 0. The summed E-state index contributed by atoms with van der Waals surface area (Å²) in [6, 6.07) is 0. The molecule has 0 aromatic heterocycles. The number of esters is 1. The number of Topliss-reactive ketones (excluding diaryl/α,β-unsaturated/α-hetero) is 1. The van der Waals surface area contributed by atoms with E-state index >= 15 is 0 Å². The second kappa shape index (κ2) is 9.37. The van der Waals surface area contributed by atoms with Crippen LogP contribution in [0.15, 0.2) is 0 Å². The first-order valence-electron chi connectivity index (χ1n) is 6.23. The molecule has 0 saturated heterocycles. The van der Waals surface area contributed by atoms with Crippen LogP contribution < -0.4 is 0 Å². The van der Waals surface area contributed by atoms with Crippen molar-refractivity contribution < 1.29 is 14.3 Å². The number of rotatable bonds is 9. The van der Waals surface area contributed by atoms with Crippen molar-refractivity contribution in [2.45, 2.75) is 71.8 Å². The molecule has 3 nitrogen and oxygen atoms in total. The molecular weight excluding hydrogens is 204 g/mol. The minimum absolute atomic E-state index is 0.0693. The zero-order valence-electron chi connectivity index (χ0n) is 10.8. The Labute approximate surface area is 98.6 Å². The second-order valence-electron chi connectivity index (χ2n) is 4.32. The highest BCUT2D eigenvalue weighted by atomic mass is 16.5. The third-order valence-corrected chi connectivity index (χ3v) is 2.50.